The topological polar surface area (TPSA) is 63.6 Å². The highest BCUT2D eigenvalue weighted by Gasteiger charge is 2.40. The maximum Gasteiger partial charge on any atom is 0.416 e. The normalized spacial score (nSPS) is 16.8. The molecule has 0 saturated heterocycles. The number of rotatable bonds is 4. The Balaban J connectivity index is 2.24. The minimum absolute atomic E-state index is 0.0245. The zero-order chi connectivity index (χ0) is 22.1. The Kier molecular flexibility index (Phi) is 5.86. The van der Waals surface area contributed by atoms with E-state index in [1.165, 1.54) is 26.1 Å². The van der Waals surface area contributed by atoms with Crippen LogP contribution >= 0.6 is 0 Å². The SMILES string of the molecule is CCOC(=O)C1=C(C)NC(c2ncccc2F)=NC1c1ccc(F)cc1C(F)(F)F. The lowest BCUT2D eigenvalue weighted by atomic mass is 9.91. The Labute approximate surface area is 168 Å². The number of aliphatic imine (C=N–C) groups is 1. The standard InChI is InChI=1S/C20H16F5N3O2/c1-3-30-19(29)15-10(2)27-18(17-14(22)5-4-8-26-17)28-16(15)12-7-6-11(21)9-13(12)20(23,24)25/h4-9,16H,3H2,1-2H3,(H,27,28). The molecule has 3 rings (SSSR count). The molecule has 1 aromatic heterocycles. The molecule has 10 heteroatoms. The second kappa shape index (κ2) is 8.21. The van der Waals surface area contributed by atoms with Crippen molar-refractivity contribution >= 4 is 11.8 Å². The smallest absolute Gasteiger partial charge is 0.416 e. The molecule has 2 heterocycles. The van der Waals surface area contributed by atoms with Gasteiger partial charge in [-0.2, -0.15) is 13.2 Å². The van der Waals surface area contributed by atoms with E-state index in [4.69, 9.17) is 4.74 Å². The molecule has 0 saturated carbocycles. The van der Waals surface area contributed by atoms with Gasteiger partial charge in [-0.25, -0.2) is 18.6 Å². The first-order chi connectivity index (χ1) is 14.1. The average Bonchev–Trinajstić information content (AvgIpc) is 2.67. The highest BCUT2D eigenvalue weighted by atomic mass is 19.4. The lowest BCUT2D eigenvalue weighted by Crippen LogP contribution is -2.34. The van der Waals surface area contributed by atoms with Gasteiger partial charge in [-0.15, -0.1) is 0 Å². The summed E-state index contributed by atoms with van der Waals surface area (Å²) in [4.78, 5) is 20.5. The number of carbonyl (C=O) groups excluding carboxylic acids is 1. The summed E-state index contributed by atoms with van der Waals surface area (Å²) in [5.41, 5.74) is -2.09. The molecule has 1 unspecified atom stereocenters. The maximum absolute atomic E-state index is 14.2. The second-order valence-corrected chi connectivity index (χ2v) is 6.33. The Morgan fingerprint density at radius 2 is 1.97 bits per heavy atom. The number of benzene rings is 1. The van der Waals surface area contributed by atoms with Gasteiger partial charge in [-0.1, -0.05) is 6.07 Å². The van der Waals surface area contributed by atoms with Crippen LogP contribution in [0.2, 0.25) is 0 Å². The quantitative estimate of drug-likeness (QED) is 0.586. The van der Waals surface area contributed by atoms with Crippen LogP contribution in [0.5, 0.6) is 0 Å². The lowest BCUT2D eigenvalue weighted by Gasteiger charge is -2.27. The third kappa shape index (κ3) is 4.17. The number of ether oxygens (including phenoxy) is 1. The van der Waals surface area contributed by atoms with Crippen LogP contribution in [0, 0.1) is 11.6 Å². The number of hydrogen-bond acceptors (Lipinski definition) is 5. The summed E-state index contributed by atoms with van der Waals surface area (Å²) in [5, 5.41) is 2.70. The fraction of sp³-hybridized carbons (Fsp3) is 0.250. The number of aromatic nitrogens is 1. The van der Waals surface area contributed by atoms with Gasteiger partial charge >= 0.3 is 12.1 Å². The van der Waals surface area contributed by atoms with Crippen LogP contribution in [0.25, 0.3) is 0 Å². The van der Waals surface area contributed by atoms with Gasteiger partial charge in [0.25, 0.3) is 0 Å². The first-order valence-corrected chi connectivity index (χ1v) is 8.83. The summed E-state index contributed by atoms with van der Waals surface area (Å²) >= 11 is 0. The number of carbonyl (C=O) groups is 1. The minimum Gasteiger partial charge on any atom is -0.463 e. The van der Waals surface area contributed by atoms with Gasteiger partial charge in [0.1, 0.15) is 17.6 Å². The van der Waals surface area contributed by atoms with Gasteiger partial charge in [-0.3, -0.25) is 4.99 Å². The summed E-state index contributed by atoms with van der Waals surface area (Å²) in [7, 11) is 0. The molecule has 1 aliphatic heterocycles. The number of esters is 1. The van der Waals surface area contributed by atoms with Crippen molar-refractivity contribution in [2.24, 2.45) is 4.99 Å². The monoisotopic (exact) mass is 425 g/mol. The number of pyridine rings is 1. The number of amidine groups is 1. The first kappa shape index (κ1) is 21.4. The van der Waals surface area contributed by atoms with Gasteiger partial charge in [-0.05, 0) is 43.7 Å². The predicted molar refractivity (Wildman–Crippen MR) is 97.3 cm³/mol. The van der Waals surface area contributed by atoms with E-state index in [-0.39, 0.29) is 29.4 Å². The number of allylic oxidation sites excluding steroid dienone is 1. The predicted octanol–water partition coefficient (Wildman–Crippen LogP) is 4.31. The van der Waals surface area contributed by atoms with E-state index < -0.39 is 40.9 Å². The molecule has 0 amide bonds. The Bertz CT molecular complexity index is 1050. The van der Waals surface area contributed by atoms with E-state index in [0.717, 1.165) is 18.2 Å². The molecule has 0 bridgehead atoms. The van der Waals surface area contributed by atoms with Crippen LogP contribution in [-0.4, -0.2) is 23.4 Å². The number of halogens is 5. The minimum atomic E-state index is -4.91. The summed E-state index contributed by atoms with van der Waals surface area (Å²) in [5.74, 6) is -2.92. The Morgan fingerprint density at radius 1 is 1.23 bits per heavy atom. The van der Waals surface area contributed by atoms with Gasteiger partial charge in [0.05, 0.1) is 17.7 Å². The van der Waals surface area contributed by atoms with Crippen LogP contribution in [0.1, 0.15) is 36.7 Å². The molecule has 158 valence electrons. The van der Waals surface area contributed by atoms with E-state index in [1.807, 2.05) is 0 Å². The zero-order valence-corrected chi connectivity index (χ0v) is 15.8. The summed E-state index contributed by atoms with van der Waals surface area (Å²) in [6, 6.07) is 3.00. The van der Waals surface area contributed by atoms with E-state index >= 15 is 0 Å². The Hall–Kier alpha value is -3.30. The molecular weight excluding hydrogens is 409 g/mol. The van der Waals surface area contributed by atoms with Crippen LogP contribution in [0.4, 0.5) is 22.0 Å². The van der Waals surface area contributed by atoms with Gasteiger partial charge < -0.3 is 10.1 Å². The van der Waals surface area contributed by atoms with Gasteiger partial charge in [0, 0.05) is 11.9 Å². The number of nitrogens with one attached hydrogen (secondary N) is 1. The second-order valence-electron chi connectivity index (χ2n) is 6.33. The molecule has 30 heavy (non-hydrogen) atoms. The van der Waals surface area contributed by atoms with Crippen molar-refractivity contribution in [1.82, 2.24) is 10.3 Å². The highest BCUT2D eigenvalue weighted by molar-refractivity contribution is 6.02. The van der Waals surface area contributed by atoms with Gasteiger partial charge in [0.15, 0.2) is 11.7 Å². The lowest BCUT2D eigenvalue weighted by molar-refractivity contribution is -0.140. The largest absolute Gasteiger partial charge is 0.463 e. The summed E-state index contributed by atoms with van der Waals surface area (Å²) in [6.45, 7) is 2.94. The maximum atomic E-state index is 14.2. The molecule has 0 radical (unpaired) electrons. The van der Waals surface area contributed by atoms with E-state index in [9.17, 15) is 26.7 Å². The molecule has 0 fully saturated rings. The number of alkyl halides is 3. The molecule has 0 spiro atoms. The van der Waals surface area contributed by atoms with Crippen LogP contribution in [0.15, 0.2) is 52.8 Å². The zero-order valence-electron chi connectivity index (χ0n) is 15.8. The van der Waals surface area contributed by atoms with E-state index in [1.54, 1.807) is 0 Å². The van der Waals surface area contributed by atoms with Crippen molar-refractivity contribution in [3.63, 3.8) is 0 Å². The van der Waals surface area contributed by atoms with Gasteiger partial charge in [0.2, 0.25) is 0 Å². The molecular formula is C20H16F5N3O2. The number of nitrogens with zero attached hydrogens (tertiary/aromatic N) is 2. The van der Waals surface area contributed by atoms with E-state index in [2.05, 4.69) is 15.3 Å². The van der Waals surface area contributed by atoms with Crippen molar-refractivity contribution in [3.05, 3.63) is 76.3 Å². The van der Waals surface area contributed by atoms with Crippen LogP contribution in [0.3, 0.4) is 0 Å². The fourth-order valence-electron chi connectivity index (χ4n) is 3.07. The van der Waals surface area contributed by atoms with E-state index in [0.29, 0.717) is 6.07 Å². The third-order valence-corrected chi connectivity index (χ3v) is 4.33. The highest BCUT2D eigenvalue weighted by Crippen LogP contribution is 2.40. The molecule has 1 N–H and O–H groups in total. The average molecular weight is 425 g/mol. The Morgan fingerprint density at radius 3 is 2.60 bits per heavy atom. The first-order valence-electron chi connectivity index (χ1n) is 8.83. The molecule has 5 nitrogen and oxygen atoms in total. The summed E-state index contributed by atoms with van der Waals surface area (Å²) in [6.07, 6.45) is -3.63. The molecule has 1 atom stereocenters. The molecule has 1 aromatic carbocycles. The molecule has 0 aliphatic carbocycles. The van der Waals surface area contributed by atoms with Crippen LogP contribution < -0.4 is 5.32 Å². The summed E-state index contributed by atoms with van der Waals surface area (Å²) < 4.78 is 73.6. The van der Waals surface area contributed by atoms with Crippen molar-refractivity contribution in [2.75, 3.05) is 6.61 Å². The van der Waals surface area contributed by atoms with Crippen molar-refractivity contribution in [1.29, 1.82) is 0 Å². The van der Waals surface area contributed by atoms with Crippen LogP contribution in [-0.2, 0) is 15.7 Å². The van der Waals surface area contributed by atoms with Crippen molar-refractivity contribution in [3.8, 4) is 0 Å². The molecule has 1 aliphatic rings. The van der Waals surface area contributed by atoms with Crippen molar-refractivity contribution < 1.29 is 31.5 Å². The third-order valence-electron chi connectivity index (χ3n) is 4.33. The fourth-order valence-corrected chi connectivity index (χ4v) is 3.07. The molecule has 2 aromatic rings. The number of hydrogen-bond donors (Lipinski definition) is 1. The van der Waals surface area contributed by atoms with Crippen molar-refractivity contribution in [2.45, 2.75) is 26.1 Å².